The van der Waals surface area contributed by atoms with Gasteiger partial charge < -0.3 is 5.32 Å². The first kappa shape index (κ1) is 12.4. The molecule has 0 atom stereocenters. The molecular weight excluding hydrogens is 216 g/mol. The Balaban J connectivity index is 2.75. The molecule has 1 heterocycles. The number of hydrogen-bond acceptors (Lipinski definition) is 4. The number of amides is 1. The van der Waals surface area contributed by atoms with Crippen molar-refractivity contribution in [2.75, 3.05) is 25.9 Å². The van der Waals surface area contributed by atoms with Crippen LogP contribution in [0.3, 0.4) is 0 Å². The molecule has 1 N–H and O–H groups in total. The zero-order valence-electron chi connectivity index (χ0n) is 9.41. The zero-order chi connectivity index (χ0) is 11.7. The summed E-state index contributed by atoms with van der Waals surface area (Å²) >= 11 is 0. The monoisotopic (exact) mass is 234 g/mol. The van der Waals surface area contributed by atoms with E-state index in [0.29, 0.717) is 13.0 Å². The highest BCUT2D eigenvalue weighted by Crippen LogP contribution is 2.31. The van der Waals surface area contributed by atoms with Gasteiger partial charge in [0.2, 0.25) is 15.9 Å². The molecule has 1 rings (SSSR count). The average Bonchev–Trinajstić information content (AvgIpc) is 2.23. The number of carbonyl (C=O) groups is 1. The van der Waals surface area contributed by atoms with E-state index >= 15 is 0 Å². The van der Waals surface area contributed by atoms with Gasteiger partial charge in [-0.1, -0.05) is 0 Å². The van der Waals surface area contributed by atoms with Crippen molar-refractivity contribution in [2.45, 2.75) is 20.3 Å². The molecule has 0 bridgehead atoms. The van der Waals surface area contributed by atoms with Gasteiger partial charge in [-0.3, -0.25) is 4.79 Å². The second-order valence-electron chi connectivity index (χ2n) is 4.47. The molecule has 0 aromatic rings. The lowest BCUT2D eigenvalue weighted by molar-refractivity contribution is -0.132. The maximum absolute atomic E-state index is 11.8. The molecular formula is C9H18N2O3S. The standard InChI is InChI=1S/C9H18N2O3S/c1-9(2)7-15(13,14)11(8(9)12)6-4-5-10-3/h10H,4-7H2,1-3H3. The summed E-state index contributed by atoms with van der Waals surface area (Å²) in [4.78, 5) is 11.8. The first-order valence-corrected chi connectivity index (χ1v) is 6.61. The third-order valence-corrected chi connectivity index (χ3v) is 4.58. The number of rotatable bonds is 4. The van der Waals surface area contributed by atoms with Gasteiger partial charge in [0.15, 0.2) is 0 Å². The number of nitrogens with one attached hydrogen (secondary N) is 1. The lowest BCUT2D eigenvalue weighted by Gasteiger charge is -2.16. The Kier molecular flexibility index (Phi) is 3.40. The van der Waals surface area contributed by atoms with Crippen LogP contribution in [0, 0.1) is 5.41 Å². The smallest absolute Gasteiger partial charge is 0.242 e. The van der Waals surface area contributed by atoms with Gasteiger partial charge in [-0.2, -0.15) is 0 Å². The molecule has 1 aliphatic rings. The van der Waals surface area contributed by atoms with Gasteiger partial charge in [0, 0.05) is 6.54 Å². The summed E-state index contributed by atoms with van der Waals surface area (Å²) < 4.78 is 24.4. The minimum atomic E-state index is -3.37. The van der Waals surface area contributed by atoms with Crippen molar-refractivity contribution in [1.29, 1.82) is 0 Å². The normalized spacial score (nSPS) is 23.4. The summed E-state index contributed by atoms with van der Waals surface area (Å²) in [5.41, 5.74) is -0.765. The Morgan fingerprint density at radius 2 is 2.07 bits per heavy atom. The highest BCUT2D eigenvalue weighted by atomic mass is 32.2. The van der Waals surface area contributed by atoms with E-state index in [1.807, 2.05) is 0 Å². The quantitative estimate of drug-likeness (QED) is 0.684. The third kappa shape index (κ3) is 2.49. The van der Waals surface area contributed by atoms with Crippen molar-refractivity contribution in [3.63, 3.8) is 0 Å². The van der Waals surface area contributed by atoms with Crippen LogP contribution in [-0.4, -0.2) is 44.5 Å². The molecule has 0 aromatic heterocycles. The van der Waals surface area contributed by atoms with Crippen molar-refractivity contribution in [2.24, 2.45) is 5.41 Å². The summed E-state index contributed by atoms with van der Waals surface area (Å²) in [6.07, 6.45) is 0.650. The van der Waals surface area contributed by atoms with Crippen LogP contribution in [0.2, 0.25) is 0 Å². The fourth-order valence-electron chi connectivity index (χ4n) is 1.70. The molecule has 1 fully saturated rings. The van der Waals surface area contributed by atoms with Crippen LogP contribution in [0.1, 0.15) is 20.3 Å². The molecule has 1 amide bonds. The van der Waals surface area contributed by atoms with Crippen molar-refractivity contribution in [3.05, 3.63) is 0 Å². The van der Waals surface area contributed by atoms with Gasteiger partial charge in [-0.05, 0) is 33.9 Å². The SMILES string of the molecule is CNCCCN1C(=O)C(C)(C)CS1(=O)=O. The third-order valence-electron chi connectivity index (χ3n) is 2.47. The van der Waals surface area contributed by atoms with E-state index in [0.717, 1.165) is 4.31 Å². The first-order chi connectivity index (χ1) is 6.81. The second kappa shape index (κ2) is 4.09. The summed E-state index contributed by atoms with van der Waals surface area (Å²) in [7, 11) is -1.57. The fourth-order valence-corrected chi connectivity index (χ4v) is 3.80. The van der Waals surface area contributed by atoms with Crippen LogP contribution in [0.5, 0.6) is 0 Å². The Morgan fingerprint density at radius 3 is 2.47 bits per heavy atom. The second-order valence-corrected chi connectivity index (χ2v) is 6.37. The van der Waals surface area contributed by atoms with Crippen molar-refractivity contribution in [3.8, 4) is 0 Å². The maximum Gasteiger partial charge on any atom is 0.242 e. The number of sulfonamides is 1. The maximum atomic E-state index is 11.8. The van der Waals surface area contributed by atoms with Gasteiger partial charge in [0.05, 0.1) is 11.2 Å². The van der Waals surface area contributed by atoms with E-state index in [1.165, 1.54) is 0 Å². The lowest BCUT2D eigenvalue weighted by Crippen LogP contribution is -2.34. The molecule has 1 saturated heterocycles. The van der Waals surface area contributed by atoms with Crippen molar-refractivity contribution < 1.29 is 13.2 Å². The Morgan fingerprint density at radius 1 is 1.47 bits per heavy atom. The van der Waals surface area contributed by atoms with E-state index in [2.05, 4.69) is 5.32 Å². The summed E-state index contributed by atoms with van der Waals surface area (Å²) in [6.45, 7) is 4.33. The van der Waals surface area contributed by atoms with Crippen molar-refractivity contribution in [1.82, 2.24) is 9.62 Å². The highest BCUT2D eigenvalue weighted by Gasteiger charge is 2.48. The summed E-state index contributed by atoms with van der Waals surface area (Å²) in [5.74, 6) is -0.350. The first-order valence-electron chi connectivity index (χ1n) is 5.01. The predicted octanol–water partition coefficient (Wildman–Crippen LogP) is -0.206. The largest absolute Gasteiger partial charge is 0.320 e. The van der Waals surface area contributed by atoms with Crippen LogP contribution in [0.25, 0.3) is 0 Å². The molecule has 6 heteroatoms. The minimum absolute atomic E-state index is 0.0710. The van der Waals surface area contributed by atoms with Crippen LogP contribution in [0.15, 0.2) is 0 Å². The van der Waals surface area contributed by atoms with Crippen LogP contribution in [0.4, 0.5) is 0 Å². The minimum Gasteiger partial charge on any atom is -0.320 e. The van der Waals surface area contributed by atoms with E-state index in [1.54, 1.807) is 20.9 Å². The predicted molar refractivity (Wildman–Crippen MR) is 57.8 cm³/mol. The van der Waals surface area contributed by atoms with Gasteiger partial charge in [-0.15, -0.1) is 0 Å². The molecule has 15 heavy (non-hydrogen) atoms. The molecule has 0 saturated carbocycles. The Bertz CT molecular complexity index is 348. The van der Waals surface area contributed by atoms with Gasteiger partial charge >= 0.3 is 0 Å². The van der Waals surface area contributed by atoms with E-state index in [-0.39, 0.29) is 18.2 Å². The van der Waals surface area contributed by atoms with Crippen LogP contribution in [-0.2, 0) is 14.8 Å². The summed E-state index contributed by atoms with van der Waals surface area (Å²) in [6, 6.07) is 0. The zero-order valence-corrected chi connectivity index (χ0v) is 10.2. The van der Waals surface area contributed by atoms with Crippen LogP contribution < -0.4 is 5.32 Å². The number of nitrogens with zero attached hydrogens (tertiary/aromatic N) is 1. The topological polar surface area (TPSA) is 66.5 Å². The molecule has 0 aliphatic carbocycles. The molecule has 0 aromatic carbocycles. The number of carbonyl (C=O) groups excluding carboxylic acids is 1. The Labute approximate surface area is 90.9 Å². The average molecular weight is 234 g/mol. The summed E-state index contributed by atoms with van der Waals surface area (Å²) in [5, 5.41) is 2.92. The molecule has 88 valence electrons. The van der Waals surface area contributed by atoms with Gasteiger partial charge in [-0.25, -0.2) is 12.7 Å². The fraction of sp³-hybridized carbons (Fsp3) is 0.889. The lowest BCUT2D eigenvalue weighted by atomic mass is 9.95. The number of hydrogen-bond donors (Lipinski definition) is 1. The van der Waals surface area contributed by atoms with Gasteiger partial charge in [0.1, 0.15) is 0 Å². The van der Waals surface area contributed by atoms with Crippen LogP contribution >= 0.6 is 0 Å². The van der Waals surface area contributed by atoms with E-state index in [9.17, 15) is 13.2 Å². The van der Waals surface area contributed by atoms with Crippen molar-refractivity contribution >= 4 is 15.9 Å². The van der Waals surface area contributed by atoms with E-state index < -0.39 is 15.4 Å². The van der Waals surface area contributed by atoms with Gasteiger partial charge in [0.25, 0.3) is 0 Å². The highest BCUT2D eigenvalue weighted by molar-refractivity contribution is 7.90. The molecule has 0 unspecified atom stereocenters. The molecule has 5 nitrogen and oxygen atoms in total. The van der Waals surface area contributed by atoms with E-state index in [4.69, 9.17) is 0 Å². The Hall–Kier alpha value is -0.620. The molecule has 0 radical (unpaired) electrons. The molecule has 1 aliphatic heterocycles. The molecule has 0 spiro atoms.